The second-order valence-corrected chi connectivity index (χ2v) is 4.27. The van der Waals surface area contributed by atoms with Crippen LogP contribution in [0, 0.1) is 5.92 Å². The molecular weight excluding hydrogens is 220 g/mol. The Kier molecular flexibility index (Phi) is 3.73. The highest BCUT2D eigenvalue weighted by atomic mass is 16.5. The summed E-state index contributed by atoms with van der Waals surface area (Å²) in [7, 11) is 1.88. The predicted molar refractivity (Wildman–Crippen MR) is 61.1 cm³/mol. The Morgan fingerprint density at radius 1 is 1.65 bits per heavy atom. The van der Waals surface area contributed by atoms with E-state index in [4.69, 9.17) is 4.74 Å². The summed E-state index contributed by atoms with van der Waals surface area (Å²) in [6.07, 6.45) is 3.52. The highest BCUT2D eigenvalue weighted by molar-refractivity contribution is 5.72. The molecule has 1 aliphatic heterocycles. The zero-order valence-electron chi connectivity index (χ0n) is 10.2. The molecule has 0 bridgehead atoms. The molecule has 0 amide bonds. The van der Waals surface area contributed by atoms with Crippen molar-refractivity contribution in [2.45, 2.75) is 25.8 Å². The van der Waals surface area contributed by atoms with Crippen LogP contribution < -0.4 is 5.32 Å². The molecule has 1 saturated heterocycles. The van der Waals surface area contributed by atoms with Crippen molar-refractivity contribution in [1.82, 2.24) is 20.3 Å². The lowest BCUT2D eigenvalue weighted by atomic mass is 9.93. The third-order valence-electron chi connectivity index (χ3n) is 3.14. The first-order chi connectivity index (χ1) is 8.22. The molecule has 2 heterocycles. The summed E-state index contributed by atoms with van der Waals surface area (Å²) < 4.78 is 6.79. The molecule has 1 fully saturated rings. The standard InChI is InChI=1S/C11H18N4O2/c1-3-17-11(16)8-4-5-9(12-6-8)10-7-13-14-15(10)2/h7-9,12H,3-6H2,1-2H3. The summed E-state index contributed by atoms with van der Waals surface area (Å²) in [6, 6.07) is 0.237. The average molecular weight is 238 g/mol. The predicted octanol–water partition coefficient (Wildman–Crippen LogP) is 0.419. The molecule has 0 radical (unpaired) electrons. The van der Waals surface area contributed by atoms with Gasteiger partial charge in [-0.25, -0.2) is 0 Å². The van der Waals surface area contributed by atoms with E-state index in [1.54, 1.807) is 10.9 Å². The number of piperidine rings is 1. The van der Waals surface area contributed by atoms with Crippen LogP contribution in [0.5, 0.6) is 0 Å². The van der Waals surface area contributed by atoms with Crippen molar-refractivity contribution in [1.29, 1.82) is 0 Å². The lowest BCUT2D eigenvalue weighted by molar-refractivity contribution is -0.148. The van der Waals surface area contributed by atoms with E-state index in [-0.39, 0.29) is 17.9 Å². The Bertz CT molecular complexity index is 383. The number of nitrogens with one attached hydrogen (secondary N) is 1. The lowest BCUT2D eigenvalue weighted by Gasteiger charge is -2.28. The van der Waals surface area contributed by atoms with Crippen molar-refractivity contribution in [3.63, 3.8) is 0 Å². The maximum Gasteiger partial charge on any atom is 0.310 e. The van der Waals surface area contributed by atoms with E-state index in [1.807, 2.05) is 14.0 Å². The summed E-state index contributed by atoms with van der Waals surface area (Å²) >= 11 is 0. The molecule has 1 aromatic rings. The van der Waals surface area contributed by atoms with Crippen molar-refractivity contribution in [2.24, 2.45) is 13.0 Å². The summed E-state index contributed by atoms with van der Waals surface area (Å²) in [5.74, 6) is -0.117. The van der Waals surface area contributed by atoms with E-state index in [9.17, 15) is 4.79 Å². The van der Waals surface area contributed by atoms with Crippen LogP contribution in [-0.2, 0) is 16.6 Å². The lowest BCUT2D eigenvalue weighted by Crippen LogP contribution is -2.38. The Labute approximate surface area is 100 Å². The van der Waals surface area contributed by atoms with E-state index in [1.165, 1.54) is 0 Å². The quantitative estimate of drug-likeness (QED) is 0.773. The van der Waals surface area contributed by atoms with Gasteiger partial charge < -0.3 is 10.1 Å². The van der Waals surface area contributed by atoms with Gasteiger partial charge in [0.25, 0.3) is 0 Å². The van der Waals surface area contributed by atoms with E-state index < -0.39 is 0 Å². The molecule has 0 aliphatic carbocycles. The van der Waals surface area contributed by atoms with Gasteiger partial charge in [-0.15, -0.1) is 5.10 Å². The first-order valence-electron chi connectivity index (χ1n) is 5.97. The van der Waals surface area contributed by atoms with Gasteiger partial charge in [0.05, 0.1) is 30.5 Å². The summed E-state index contributed by atoms with van der Waals surface area (Å²) in [5.41, 5.74) is 1.06. The molecule has 0 saturated carbocycles. The Morgan fingerprint density at radius 2 is 2.47 bits per heavy atom. The number of carbonyl (C=O) groups is 1. The van der Waals surface area contributed by atoms with E-state index in [0.717, 1.165) is 18.5 Å². The minimum Gasteiger partial charge on any atom is -0.466 e. The zero-order chi connectivity index (χ0) is 12.3. The van der Waals surface area contributed by atoms with E-state index in [0.29, 0.717) is 13.2 Å². The molecule has 17 heavy (non-hydrogen) atoms. The maximum atomic E-state index is 11.6. The van der Waals surface area contributed by atoms with Crippen LogP contribution >= 0.6 is 0 Å². The van der Waals surface area contributed by atoms with Gasteiger partial charge in [0.2, 0.25) is 0 Å². The number of hydrogen-bond donors (Lipinski definition) is 1. The van der Waals surface area contributed by atoms with Crippen LogP contribution in [-0.4, -0.2) is 34.1 Å². The topological polar surface area (TPSA) is 69.0 Å². The first kappa shape index (κ1) is 12.0. The molecule has 1 aromatic heterocycles. The number of nitrogens with zero attached hydrogens (tertiary/aromatic N) is 3. The molecule has 1 aliphatic rings. The highest BCUT2D eigenvalue weighted by Crippen LogP contribution is 2.25. The van der Waals surface area contributed by atoms with Gasteiger partial charge in [-0.3, -0.25) is 9.48 Å². The summed E-state index contributed by atoms with van der Waals surface area (Å²) in [5, 5.41) is 11.1. The fraction of sp³-hybridized carbons (Fsp3) is 0.727. The minimum absolute atomic E-state index is 0.0209. The molecule has 0 aromatic carbocycles. The van der Waals surface area contributed by atoms with Crippen LogP contribution in [0.15, 0.2) is 6.20 Å². The average Bonchev–Trinajstić information content (AvgIpc) is 2.76. The van der Waals surface area contributed by atoms with Gasteiger partial charge in [-0.05, 0) is 19.8 Å². The number of esters is 1. The summed E-state index contributed by atoms with van der Waals surface area (Å²) in [6.45, 7) is 2.94. The Hall–Kier alpha value is -1.43. The van der Waals surface area contributed by atoms with E-state index in [2.05, 4.69) is 15.6 Å². The molecular formula is C11H18N4O2. The SMILES string of the molecule is CCOC(=O)C1CCC(c2cnnn2C)NC1. The van der Waals surface area contributed by atoms with Gasteiger partial charge in [0, 0.05) is 13.6 Å². The zero-order valence-corrected chi connectivity index (χ0v) is 10.2. The van der Waals surface area contributed by atoms with Gasteiger partial charge >= 0.3 is 5.97 Å². The molecule has 2 unspecified atom stereocenters. The smallest absolute Gasteiger partial charge is 0.310 e. The third-order valence-corrected chi connectivity index (χ3v) is 3.14. The van der Waals surface area contributed by atoms with Gasteiger partial charge in [-0.2, -0.15) is 0 Å². The largest absolute Gasteiger partial charge is 0.466 e. The number of carbonyl (C=O) groups excluding carboxylic acids is 1. The summed E-state index contributed by atoms with van der Waals surface area (Å²) in [4.78, 5) is 11.6. The molecule has 6 nitrogen and oxygen atoms in total. The number of aromatic nitrogens is 3. The number of rotatable bonds is 3. The molecule has 94 valence electrons. The Morgan fingerprint density at radius 3 is 3.00 bits per heavy atom. The second-order valence-electron chi connectivity index (χ2n) is 4.27. The third kappa shape index (κ3) is 2.63. The van der Waals surface area contributed by atoms with Crippen molar-refractivity contribution in [3.8, 4) is 0 Å². The van der Waals surface area contributed by atoms with Gasteiger partial charge in [-0.1, -0.05) is 5.21 Å². The van der Waals surface area contributed by atoms with Crippen LogP contribution in [0.2, 0.25) is 0 Å². The van der Waals surface area contributed by atoms with Crippen LogP contribution in [0.4, 0.5) is 0 Å². The first-order valence-corrected chi connectivity index (χ1v) is 5.97. The normalized spacial score (nSPS) is 24.6. The fourth-order valence-corrected chi connectivity index (χ4v) is 2.18. The number of ether oxygens (including phenoxy) is 1. The van der Waals surface area contributed by atoms with Gasteiger partial charge in [0.1, 0.15) is 0 Å². The maximum absolute atomic E-state index is 11.6. The minimum atomic E-state index is -0.0958. The highest BCUT2D eigenvalue weighted by Gasteiger charge is 2.28. The van der Waals surface area contributed by atoms with Crippen molar-refractivity contribution >= 4 is 5.97 Å². The van der Waals surface area contributed by atoms with Crippen LogP contribution in [0.25, 0.3) is 0 Å². The van der Waals surface area contributed by atoms with Crippen molar-refractivity contribution in [3.05, 3.63) is 11.9 Å². The molecule has 6 heteroatoms. The van der Waals surface area contributed by atoms with Crippen LogP contribution in [0.3, 0.4) is 0 Å². The number of aryl methyl sites for hydroxylation is 1. The molecule has 2 atom stereocenters. The Balaban J connectivity index is 1.90. The van der Waals surface area contributed by atoms with Crippen LogP contribution in [0.1, 0.15) is 31.5 Å². The van der Waals surface area contributed by atoms with Crippen molar-refractivity contribution < 1.29 is 9.53 Å². The van der Waals surface area contributed by atoms with E-state index >= 15 is 0 Å². The van der Waals surface area contributed by atoms with Crippen molar-refractivity contribution in [2.75, 3.05) is 13.2 Å². The molecule has 1 N–H and O–H groups in total. The fourth-order valence-electron chi connectivity index (χ4n) is 2.18. The van der Waals surface area contributed by atoms with Gasteiger partial charge in [0.15, 0.2) is 0 Å². The molecule has 0 spiro atoms. The number of hydrogen-bond acceptors (Lipinski definition) is 5. The molecule has 2 rings (SSSR count). The monoisotopic (exact) mass is 238 g/mol. The second kappa shape index (κ2) is 5.27.